The molecule has 5 nitrogen and oxygen atoms in total. The predicted molar refractivity (Wildman–Crippen MR) is 83.7 cm³/mol. The summed E-state index contributed by atoms with van der Waals surface area (Å²) in [5, 5.41) is 4.98. The summed E-state index contributed by atoms with van der Waals surface area (Å²) in [4.78, 5) is 23.6. The van der Waals surface area contributed by atoms with Gasteiger partial charge < -0.3 is 15.4 Å². The van der Waals surface area contributed by atoms with Crippen molar-refractivity contribution >= 4 is 11.8 Å². The maximum atomic E-state index is 12.8. The Morgan fingerprint density at radius 3 is 2.20 bits per heavy atom. The Morgan fingerprint density at radius 1 is 0.960 bits per heavy atom. The average molecular weight is 352 g/mol. The number of carbonyl (C=O) groups excluding carboxylic acids is 2. The second kappa shape index (κ2) is 8.72. The number of halogens is 3. The first-order valence-corrected chi connectivity index (χ1v) is 7.28. The molecule has 0 atom stereocenters. The van der Waals surface area contributed by atoms with Gasteiger partial charge in [-0.3, -0.25) is 9.59 Å². The Balaban J connectivity index is 1.76. The fourth-order valence-electron chi connectivity index (χ4n) is 1.92. The van der Waals surface area contributed by atoms with Crippen LogP contribution >= 0.6 is 0 Å². The van der Waals surface area contributed by atoms with E-state index in [2.05, 4.69) is 15.4 Å². The van der Waals surface area contributed by atoms with Crippen LogP contribution in [0, 0.1) is 5.82 Å². The fourth-order valence-corrected chi connectivity index (χ4v) is 1.92. The maximum absolute atomic E-state index is 12.8. The van der Waals surface area contributed by atoms with Gasteiger partial charge in [-0.2, -0.15) is 8.78 Å². The van der Waals surface area contributed by atoms with Crippen LogP contribution in [0.4, 0.5) is 13.2 Å². The molecular weight excluding hydrogens is 337 g/mol. The molecule has 0 fully saturated rings. The minimum Gasteiger partial charge on any atom is -0.435 e. The van der Waals surface area contributed by atoms with Crippen molar-refractivity contribution in [3.8, 4) is 5.75 Å². The second-order valence-corrected chi connectivity index (χ2v) is 4.99. The molecule has 0 radical (unpaired) electrons. The van der Waals surface area contributed by atoms with E-state index in [1.807, 2.05) is 0 Å². The standard InChI is InChI=1S/C17H15F3N2O3/c18-13-5-1-11(2-6-13)9-21-15(23)10-22-16(24)12-3-7-14(8-4-12)25-17(19)20/h1-8,17H,9-10H2,(H,21,23)(H,22,24). The SMILES string of the molecule is O=C(CNC(=O)c1ccc(OC(F)F)cc1)NCc1ccc(F)cc1. The summed E-state index contributed by atoms with van der Waals surface area (Å²) in [6.07, 6.45) is 0. The van der Waals surface area contributed by atoms with Crippen LogP contribution in [0.15, 0.2) is 48.5 Å². The van der Waals surface area contributed by atoms with Gasteiger partial charge in [0.15, 0.2) is 0 Å². The van der Waals surface area contributed by atoms with Gasteiger partial charge in [0, 0.05) is 12.1 Å². The van der Waals surface area contributed by atoms with Crippen molar-refractivity contribution in [1.82, 2.24) is 10.6 Å². The summed E-state index contributed by atoms with van der Waals surface area (Å²) in [5.74, 6) is -1.38. The monoisotopic (exact) mass is 352 g/mol. The topological polar surface area (TPSA) is 67.4 Å². The van der Waals surface area contributed by atoms with E-state index < -0.39 is 18.4 Å². The third-order valence-electron chi connectivity index (χ3n) is 3.15. The molecule has 0 aromatic heterocycles. The quantitative estimate of drug-likeness (QED) is 0.804. The Morgan fingerprint density at radius 2 is 1.60 bits per heavy atom. The van der Waals surface area contributed by atoms with Gasteiger partial charge >= 0.3 is 6.61 Å². The molecule has 0 spiro atoms. The van der Waals surface area contributed by atoms with Crippen molar-refractivity contribution in [1.29, 1.82) is 0 Å². The lowest BCUT2D eigenvalue weighted by atomic mass is 10.2. The molecule has 2 aromatic carbocycles. The summed E-state index contributed by atoms with van der Waals surface area (Å²) < 4.78 is 41.0. The number of alkyl halides is 2. The summed E-state index contributed by atoms with van der Waals surface area (Å²) >= 11 is 0. The number of hydrogen-bond acceptors (Lipinski definition) is 3. The average Bonchev–Trinajstić information content (AvgIpc) is 2.59. The van der Waals surface area contributed by atoms with Gasteiger partial charge in [0.2, 0.25) is 5.91 Å². The van der Waals surface area contributed by atoms with Gasteiger partial charge in [0.1, 0.15) is 11.6 Å². The van der Waals surface area contributed by atoms with Crippen LogP contribution in [0.2, 0.25) is 0 Å². The Kier molecular flexibility index (Phi) is 6.39. The molecule has 0 saturated carbocycles. The number of benzene rings is 2. The van der Waals surface area contributed by atoms with Crippen LogP contribution in [-0.4, -0.2) is 25.0 Å². The molecule has 0 aliphatic heterocycles. The van der Waals surface area contributed by atoms with Crippen LogP contribution in [0.5, 0.6) is 5.75 Å². The number of carbonyl (C=O) groups is 2. The summed E-state index contributed by atoms with van der Waals surface area (Å²) in [7, 11) is 0. The predicted octanol–water partition coefficient (Wildman–Crippen LogP) is 2.47. The van der Waals surface area contributed by atoms with Crippen molar-refractivity contribution in [2.75, 3.05) is 6.54 Å². The van der Waals surface area contributed by atoms with Crippen LogP contribution in [0.3, 0.4) is 0 Å². The number of hydrogen-bond donors (Lipinski definition) is 2. The first-order valence-electron chi connectivity index (χ1n) is 7.28. The highest BCUT2D eigenvalue weighted by Crippen LogP contribution is 2.14. The van der Waals surface area contributed by atoms with Gasteiger partial charge in [-0.1, -0.05) is 12.1 Å². The Bertz CT molecular complexity index is 719. The van der Waals surface area contributed by atoms with Crippen LogP contribution in [0.25, 0.3) is 0 Å². The molecule has 2 N–H and O–H groups in total. The number of ether oxygens (including phenoxy) is 1. The van der Waals surface area contributed by atoms with Crippen LogP contribution in [-0.2, 0) is 11.3 Å². The Hall–Kier alpha value is -3.03. The van der Waals surface area contributed by atoms with E-state index in [1.54, 1.807) is 0 Å². The van der Waals surface area contributed by atoms with E-state index in [4.69, 9.17) is 0 Å². The fraction of sp³-hybridized carbons (Fsp3) is 0.176. The third kappa shape index (κ3) is 6.17. The lowest BCUT2D eigenvalue weighted by Gasteiger charge is -2.08. The second-order valence-electron chi connectivity index (χ2n) is 4.99. The van der Waals surface area contributed by atoms with Gasteiger partial charge in [-0.15, -0.1) is 0 Å². The van der Waals surface area contributed by atoms with Gasteiger partial charge in [0.25, 0.3) is 5.91 Å². The number of rotatable bonds is 7. The van der Waals surface area contributed by atoms with E-state index >= 15 is 0 Å². The summed E-state index contributed by atoms with van der Waals surface area (Å²) in [6, 6.07) is 10.7. The smallest absolute Gasteiger partial charge is 0.387 e. The Labute approximate surface area is 141 Å². The highest BCUT2D eigenvalue weighted by atomic mass is 19.3. The lowest BCUT2D eigenvalue weighted by Crippen LogP contribution is -2.36. The normalized spacial score (nSPS) is 10.4. The first-order chi connectivity index (χ1) is 11.9. The zero-order valence-electron chi connectivity index (χ0n) is 13.0. The molecule has 2 rings (SSSR count). The maximum Gasteiger partial charge on any atom is 0.387 e. The highest BCUT2D eigenvalue weighted by Gasteiger charge is 2.09. The van der Waals surface area contributed by atoms with E-state index in [0.717, 1.165) is 5.56 Å². The minimum atomic E-state index is -2.94. The zero-order valence-corrected chi connectivity index (χ0v) is 13.0. The molecule has 2 aromatic rings. The van der Waals surface area contributed by atoms with Crippen molar-refractivity contribution < 1.29 is 27.5 Å². The van der Waals surface area contributed by atoms with E-state index in [0.29, 0.717) is 0 Å². The number of nitrogens with one attached hydrogen (secondary N) is 2. The minimum absolute atomic E-state index is 0.0661. The molecule has 0 unspecified atom stereocenters. The third-order valence-corrected chi connectivity index (χ3v) is 3.15. The van der Waals surface area contributed by atoms with Crippen molar-refractivity contribution in [3.05, 3.63) is 65.5 Å². The summed E-state index contributed by atoms with van der Waals surface area (Å²) in [6.45, 7) is -2.99. The molecule has 8 heteroatoms. The molecule has 0 heterocycles. The highest BCUT2D eigenvalue weighted by molar-refractivity contribution is 5.96. The molecule has 25 heavy (non-hydrogen) atoms. The van der Waals surface area contributed by atoms with Crippen LogP contribution < -0.4 is 15.4 Å². The molecule has 2 amide bonds. The van der Waals surface area contributed by atoms with Crippen molar-refractivity contribution in [2.24, 2.45) is 0 Å². The molecule has 0 saturated heterocycles. The van der Waals surface area contributed by atoms with Gasteiger partial charge in [0.05, 0.1) is 6.54 Å². The van der Waals surface area contributed by atoms with Gasteiger partial charge in [-0.05, 0) is 42.0 Å². The van der Waals surface area contributed by atoms with Crippen LogP contribution in [0.1, 0.15) is 15.9 Å². The van der Waals surface area contributed by atoms with E-state index in [1.165, 1.54) is 48.5 Å². The molecule has 0 aliphatic carbocycles. The molecule has 132 valence electrons. The zero-order chi connectivity index (χ0) is 18.2. The summed E-state index contributed by atoms with van der Waals surface area (Å²) in [5.41, 5.74) is 0.920. The number of amides is 2. The molecule has 0 bridgehead atoms. The lowest BCUT2D eigenvalue weighted by molar-refractivity contribution is -0.120. The first kappa shape index (κ1) is 18.3. The van der Waals surface area contributed by atoms with Crippen molar-refractivity contribution in [2.45, 2.75) is 13.2 Å². The van der Waals surface area contributed by atoms with E-state index in [9.17, 15) is 22.8 Å². The largest absolute Gasteiger partial charge is 0.435 e. The van der Waals surface area contributed by atoms with Crippen molar-refractivity contribution in [3.63, 3.8) is 0 Å². The molecule has 0 aliphatic rings. The van der Waals surface area contributed by atoms with E-state index in [-0.39, 0.29) is 30.2 Å². The van der Waals surface area contributed by atoms with Gasteiger partial charge in [-0.25, -0.2) is 4.39 Å². The molecular formula is C17H15F3N2O3.